The molecule has 4 fully saturated rings. The Labute approximate surface area is 267 Å². The van der Waals surface area contributed by atoms with E-state index in [0.29, 0.717) is 48.6 Å². The average Bonchev–Trinajstić information content (AvgIpc) is 3.59. The number of amides is 2. The van der Waals surface area contributed by atoms with E-state index in [1.54, 1.807) is 12.4 Å². The molecule has 3 saturated heterocycles. The Kier molecular flexibility index (Phi) is 7.85. The summed E-state index contributed by atoms with van der Waals surface area (Å²) in [6.07, 6.45) is 6.89. The Morgan fingerprint density at radius 1 is 1.07 bits per heavy atom. The molecule has 4 aliphatic rings. The maximum absolute atomic E-state index is 13.5. The number of hydrogen-bond donors (Lipinski definition) is 2. The van der Waals surface area contributed by atoms with Gasteiger partial charge in [-0.15, -0.1) is 5.48 Å². The lowest BCUT2D eigenvalue weighted by molar-refractivity contribution is -0.170. The molecule has 6 heterocycles. The van der Waals surface area contributed by atoms with Crippen molar-refractivity contribution in [1.29, 1.82) is 0 Å². The van der Waals surface area contributed by atoms with Gasteiger partial charge in [-0.1, -0.05) is 31.4 Å². The van der Waals surface area contributed by atoms with Crippen molar-refractivity contribution < 1.29 is 19.2 Å². The van der Waals surface area contributed by atoms with Gasteiger partial charge in [0.05, 0.1) is 46.1 Å². The molecule has 1 unspecified atom stereocenters. The number of carbonyl (C=O) groups is 2. The Balaban J connectivity index is 1.34. The first-order chi connectivity index (χ1) is 21.6. The smallest absolute Gasteiger partial charge is 0.379 e. The van der Waals surface area contributed by atoms with Crippen LogP contribution in [0.25, 0.3) is 22.3 Å². The van der Waals surface area contributed by atoms with Crippen molar-refractivity contribution in [2.24, 2.45) is 17.3 Å². The third-order valence-electron chi connectivity index (χ3n) is 9.90. The Bertz CT molecular complexity index is 1610. The van der Waals surface area contributed by atoms with Crippen LogP contribution in [0.3, 0.4) is 0 Å². The highest BCUT2D eigenvalue weighted by molar-refractivity contribution is 6.30. The molecule has 240 valence electrons. The highest BCUT2D eigenvalue weighted by Crippen LogP contribution is 2.39. The third kappa shape index (κ3) is 5.61. The summed E-state index contributed by atoms with van der Waals surface area (Å²) >= 11 is 6.44. The van der Waals surface area contributed by atoms with Crippen LogP contribution in [0.15, 0.2) is 24.5 Å². The second-order valence-electron chi connectivity index (χ2n) is 13.8. The number of imidazole rings is 1. The van der Waals surface area contributed by atoms with Crippen LogP contribution in [0.2, 0.25) is 5.02 Å². The zero-order valence-corrected chi connectivity index (χ0v) is 27.0. The van der Waals surface area contributed by atoms with Gasteiger partial charge in [0.25, 0.3) is 0 Å². The Morgan fingerprint density at radius 3 is 2.42 bits per heavy atom. The van der Waals surface area contributed by atoms with E-state index in [1.165, 1.54) is 12.8 Å². The van der Waals surface area contributed by atoms with Gasteiger partial charge < -0.3 is 23.9 Å². The number of hydroxylamine groups is 1. The lowest BCUT2D eigenvalue weighted by Gasteiger charge is -2.48. The minimum Gasteiger partial charge on any atom is -0.379 e. The van der Waals surface area contributed by atoms with E-state index >= 15 is 0 Å². The molecule has 1 saturated carbocycles. The maximum Gasteiger partial charge on any atom is 0.427 e. The van der Waals surface area contributed by atoms with Gasteiger partial charge in [0.15, 0.2) is 6.17 Å². The molecule has 0 radical (unpaired) electrons. The van der Waals surface area contributed by atoms with Crippen LogP contribution in [-0.4, -0.2) is 74.8 Å². The average molecular weight is 637 g/mol. The quantitative estimate of drug-likeness (QED) is 0.397. The number of fused-ring (bicyclic) bond motifs is 1. The molecule has 3 aliphatic heterocycles. The van der Waals surface area contributed by atoms with Crippen molar-refractivity contribution in [1.82, 2.24) is 35.2 Å². The molecule has 13 heteroatoms. The number of ether oxygens (including phenoxy) is 1. The summed E-state index contributed by atoms with van der Waals surface area (Å²) in [5.74, 6) is 2.26. The number of carbonyl (C=O) groups excluding carboxylic acids is 2. The minimum atomic E-state index is -0.634. The van der Waals surface area contributed by atoms with E-state index in [-0.39, 0.29) is 18.0 Å². The van der Waals surface area contributed by atoms with E-state index in [0.717, 1.165) is 47.8 Å². The summed E-state index contributed by atoms with van der Waals surface area (Å²) in [5, 5.41) is 3.27. The summed E-state index contributed by atoms with van der Waals surface area (Å²) in [6, 6.07) is 3.82. The van der Waals surface area contributed by atoms with Crippen LogP contribution < -0.4 is 15.7 Å². The van der Waals surface area contributed by atoms with Gasteiger partial charge in [-0.05, 0) is 57.6 Å². The maximum atomic E-state index is 13.5. The lowest BCUT2D eigenvalue weighted by Crippen LogP contribution is -2.63. The number of nitrogens with zero attached hydrogens (tertiary/aromatic N) is 6. The molecule has 2 amide bonds. The summed E-state index contributed by atoms with van der Waals surface area (Å²) in [6.45, 7) is 11.6. The van der Waals surface area contributed by atoms with Gasteiger partial charge in [-0.2, -0.15) is 0 Å². The number of aromatic nitrogens is 4. The third-order valence-corrected chi connectivity index (χ3v) is 10.1. The molecule has 0 aromatic carbocycles. The van der Waals surface area contributed by atoms with Gasteiger partial charge >= 0.3 is 6.09 Å². The van der Waals surface area contributed by atoms with Crippen molar-refractivity contribution in [2.45, 2.75) is 78.2 Å². The van der Waals surface area contributed by atoms with Gasteiger partial charge in [-0.25, -0.2) is 14.8 Å². The highest BCUT2D eigenvalue weighted by Gasteiger charge is 2.46. The van der Waals surface area contributed by atoms with E-state index in [9.17, 15) is 9.59 Å². The monoisotopic (exact) mass is 636 g/mol. The molecule has 0 spiro atoms. The summed E-state index contributed by atoms with van der Waals surface area (Å²) in [7, 11) is 0. The largest absolute Gasteiger partial charge is 0.427 e. The zero-order valence-electron chi connectivity index (χ0n) is 26.3. The number of halogens is 1. The molecule has 1 aliphatic carbocycles. The lowest BCUT2D eigenvalue weighted by atomic mass is 9.83. The molecule has 7 rings (SSSR count). The normalized spacial score (nSPS) is 28.1. The van der Waals surface area contributed by atoms with Gasteiger partial charge in [0.1, 0.15) is 0 Å². The predicted octanol–water partition coefficient (Wildman–Crippen LogP) is 4.68. The van der Waals surface area contributed by atoms with Gasteiger partial charge in [0, 0.05) is 49.7 Å². The van der Waals surface area contributed by atoms with Crippen molar-refractivity contribution in [3.8, 4) is 11.3 Å². The number of pyridine rings is 2. The van der Waals surface area contributed by atoms with Crippen molar-refractivity contribution >= 4 is 40.6 Å². The van der Waals surface area contributed by atoms with E-state index in [1.807, 2.05) is 24.0 Å². The number of anilines is 1. The van der Waals surface area contributed by atoms with Crippen molar-refractivity contribution in [3.63, 3.8) is 0 Å². The highest BCUT2D eigenvalue weighted by atomic mass is 35.5. The fourth-order valence-corrected chi connectivity index (χ4v) is 7.59. The summed E-state index contributed by atoms with van der Waals surface area (Å²) in [4.78, 5) is 49.5. The standard InChI is InChI=1S/C32H41ClN8O4/c1-18-5-7-21(8-6-18)15-40-27-24(10-25(28-37-31(43)45-38-28)35-26(27)22-9-23(33)12-34-11-22)36-30(40)41-19(2)13-39(14-20(41)3)29(42)32(4)16-44-17-32/h9-12,18-21,28,38H,5-8,13-17H2,1-4H3,(H,37,43)/t18?,19-,20-,21?,28?/m1/s1. The first kappa shape index (κ1) is 30.2. The van der Waals surface area contributed by atoms with Crippen molar-refractivity contribution in [2.75, 3.05) is 31.2 Å². The number of piperazine rings is 1. The van der Waals surface area contributed by atoms with E-state index < -0.39 is 17.7 Å². The summed E-state index contributed by atoms with van der Waals surface area (Å²) in [5.41, 5.74) is 5.96. The SMILES string of the molecule is CC1CCC(Cn2c(N3[C@H](C)CN(C(=O)C4(C)COC4)C[C@H]3C)nc3cc(C4NOC(=O)N4)nc(-c4cncc(Cl)c4)c32)CC1. The van der Waals surface area contributed by atoms with E-state index in [4.69, 9.17) is 31.1 Å². The Morgan fingerprint density at radius 2 is 1.80 bits per heavy atom. The van der Waals surface area contributed by atoms with Gasteiger partial charge in [0.2, 0.25) is 11.9 Å². The number of nitrogens with one attached hydrogen (secondary N) is 2. The number of rotatable bonds is 6. The first-order valence-electron chi connectivity index (χ1n) is 16.0. The van der Waals surface area contributed by atoms with Gasteiger partial charge in [-0.3, -0.25) is 15.1 Å². The molecule has 2 N–H and O–H groups in total. The van der Waals surface area contributed by atoms with Crippen LogP contribution in [0, 0.1) is 17.3 Å². The molecular formula is C32H41ClN8O4. The van der Waals surface area contributed by atoms with Crippen LogP contribution >= 0.6 is 11.6 Å². The molecule has 12 nitrogen and oxygen atoms in total. The fraction of sp³-hybridized carbons (Fsp3) is 0.594. The molecule has 45 heavy (non-hydrogen) atoms. The zero-order chi connectivity index (χ0) is 31.5. The molecule has 0 bridgehead atoms. The van der Waals surface area contributed by atoms with Crippen LogP contribution in [0.1, 0.15) is 65.2 Å². The van der Waals surface area contributed by atoms with E-state index in [2.05, 4.69) is 46.0 Å². The first-order valence-corrected chi connectivity index (χ1v) is 16.4. The van der Waals surface area contributed by atoms with Crippen LogP contribution in [0.5, 0.6) is 0 Å². The number of hydrogen-bond acceptors (Lipinski definition) is 9. The topological polar surface area (TPSA) is 127 Å². The minimum absolute atomic E-state index is 0.0251. The summed E-state index contributed by atoms with van der Waals surface area (Å²) < 4.78 is 7.74. The fourth-order valence-electron chi connectivity index (χ4n) is 7.41. The predicted molar refractivity (Wildman–Crippen MR) is 169 cm³/mol. The van der Waals surface area contributed by atoms with Crippen molar-refractivity contribution in [3.05, 3.63) is 35.2 Å². The Hall–Kier alpha value is -3.48. The molecular weight excluding hydrogens is 596 g/mol. The van der Waals surface area contributed by atoms with Crippen LogP contribution in [-0.2, 0) is 20.9 Å². The van der Waals surface area contributed by atoms with Crippen LogP contribution in [0.4, 0.5) is 10.7 Å². The molecule has 3 atom stereocenters. The molecule has 3 aromatic heterocycles. The molecule has 3 aromatic rings. The second-order valence-corrected chi connectivity index (χ2v) is 14.2. The second kappa shape index (κ2) is 11.7.